The average molecular weight is 269 g/mol. The van der Waals surface area contributed by atoms with E-state index in [0.29, 0.717) is 25.4 Å². The summed E-state index contributed by atoms with van der Waals surface area (Å²) >= 11 is 0. The summed E-state index contributed by atoms with van der Waals surface area (Å²) in [5.41, 5.74) is 6.37. The summed E-state index contributed by atoms with van der Waals surface area (Å²) in [7, 11) is 0. The van der Waals surface area contributed by atoms with Crippen LogP contribution in [0.25, 0.3) is 0 Å². The lowest BCUT2D eigenvalue weighted by Gasteiger charge is -2.19. The minimum Gasteiger partial charge on any atom is -0.491 e. The van der Waals surface area contributed by atoms with Gasteiger partial charge in [-0.25, -0.2) is 4.39 Å². The summed E-state index contributed by atoms with van der Waals surface area (Å²) in [6.07, 6.45) is 0.632. The lowest BCUT2D eigenvalue weighted by atomic mass is 10.1. The average Bonchev–Trinajstić information content (AvgIpc) is 2.21. The van der Waals surface area contributed by atoms with Crippen LogP contribution in [-0.2, 0) is 11.2 Å². The molecule has 0 aliphatic rings. The molecule has 0 bridgehead atoms. The van der Waals surface area contributed by atoms with E-state index in [1.54, 1.807) is 0 Å². The Labute approximate surface area is 114 Å². The summed E-state index contributed by atoms with van der Waals surface area (Å²) < 4.78 is 24.5. The molecule has 1 aromatic rings. The van der Waals surface area contributed by atoms with Gasteiger partial charge in [-0.2, -0.15) is 0 Å². The summed E-state index contributed by atoms with van der Waals surface area (Å²) in [5.74, 6) is 0.220. The van der Waals surface area contributed by atoms with Crippen LogP contribution < -0.4 is 10.5 Å². The molecule has 0 spiro atoms. The fourth-order valence-corrected chi connectivity index (χ4v) is 1.70. The highest BCUT2D eigenvalue weighted by atomic mass is 19.1. The minimum absolute atomic E-state index is 0.00104. The van der Waals surface area contributed by atoms with Crippen LogP contribution in [0.4, 0.5) is 4.39 Å². The molecule has 0 heterocycles. The predicted molar refractivity (Wildman–Crippen MR) is 75.0 cm³/mol. The molecule has 108 valence electrons. The van der Waals surface area contributed by atoms with E-state index in [9.17, 15) is 4.39 Å². The fraction of sp³-hybridized carbons (Fsp3) is 0.600. The Bertz CT molecular complexity index is 400. The zero-order chi connectivity index (χ0) is 14.5. The van der Waals surface area contributed by atoms with Gasteiger partial charge in [0.05, 0.1) is 12.2 Å². The van der Waals surface area contributed by atoms with E-state index in [-0.39, 0.29) is 17.5 Å². The molecule has 0 saturated carbocycles. The van der Waals surface area contributed by atoms with Crippen LogP contribution >= 0.6 is 0 Å². The lowest BCUT2D eigenvalue weighted by molar-refractivity contribution is -0.0163. The van der Waals surface area contributed by atoms with E-state index < -0.39 is 0 Å². The molecule has 0 aliphatic heterocycles. The summed E-state index contributed by atoms with van der Waals surface area (Å²) in [6, 6.07) is 4.69. The molecule has 19 heavy (non-hydrogen) atoms. The third kappa shape index (κ3) is 7.13. The highest BCUT2D eigenvalue weighted by Crippen LogP contribution is 2.17. The van der Waals surface area contributed by atoms with Gasteiger partial charge in [0, 0.05) is 12.1 Å². The van der Waals surface area contributed by atoms with Crippen LogP contribution in [0.15, 0.2) is 18.2 Å². The van der Waals surface area contributed by atoms with Gasteiger partial charge in [-0.05, 0) is 51.8 Å². The Hall–Kier alpha value is -1.13. The number of nitrogens with two attached hydrogens (primary N) is 1. The van der Waals surface area contributed by atoms with Gasteiger partial charge >= 0.3 is 0 Å². The first kappa shape index (κ1) is 15.9. The van der Waals surface area contributed by atoms with Crippen molar-refractivity contribution >= 4 is 0 Å². The molecular formula is C15H24FNO2. The third-order valence-electron chi connectivity index (χ3n) is 2.38. The predicted octanol–water partition coefficient (Wildman–Crippen LogP) is 2.91. The minimum atomic E-state index is -0.301. The maximum absolute atomic E-state index is 13.4. The van der Waals surface area contributed by atoms with Crippen molar-refractivity contribution in [1.82, 2.24) is 0 Å². The Balaban J connectivity index is 2.51. The van der Waals surface area contributed by atoms with E-state index in [1.807, 2.05) is 33.8 Å². The molecule has 1 rings (SSSR count). The second kappa shape index (κ2) is 6.87. The molecular weight excluding hydrogens is 245 g/mol. The van der Waals surface area contributed by atoms with Gasteiger partial charge in [0.15, 0.2) is 0 Å². The molecule has 0 aromatic heterocycles. The van der Waals surface area contributed by atoms with Crippen molar-refractivity contribution < 1.29 is 13.9 Å². The SMILES string of the molecule is CC(N)Cc1cc(F)cc(OCCOC(C)(C)C)c1. The van der Waals surface area contributed by atoms with Crippen molar-refractivity contribution in [2.75, 3.05) is 13.2 Å². The van der Waals surface area contributed by atoms with Crippen LogP contribution in [0.2, 0.25) is 0 Å². The first-order valence-corrected chi connectivity index (χ1v) is 6.58. The van der Waals surface area contributed by atoms with Crippen LogP contribution in [-0.4, -0.2) is 24.9 Å². The van der Waals surface area contributed by atoms with Crippen LogP contribution in [0.1, 0.15) is 33.3 Å². The van der Waals surface area contributed by atoms with Gasteiger partial charge < -0.3 is 15.2 Å². The molecule has 0 saturated heterocycles. The third-order valence-corrected chi connectivity index (χ3v) is 2.38. The van der Waals surface area contributed by atoms with Gasteiger partial charge in [-0.15, -0.1) is 0 Å². The summed E-state index contributed by atoms with van der Waals surface area (Å²) in [6.45, 7) is 8.71. The molecule has 2 N–H and O–H groups in total. The number of halogens is 1. The highest BCUT2D eigenvalue weighted by molar-refractivity contribution is 5.30. The van der Waals surface area contributed by atoms with E-state index in [0.717, 1.165) is 5.56 Å². The Morgan fingerprint density at radius 3 is 2.47 bits per heavy atom. The zero-order valence-electron chi connectivity index (χ0n) is 12.2. The van der Waals surface area contributed by atoms with Crippen molar-refractivity contribution in [3.63, 3.8) is 0 Å². The van der Waals surface area contributed by atoms with Crippen LogP contribution in [0.3, 0.4) is 0 Å². The quantitative estimate of drug-likeness (QED) is 0.808. The Morgan fingerprint density at radius 1 is 1.21 bits per heavy atom. The first-order chi connectivity index (χ1) is 8.76. The van der Waals surface area contributed by atoms with E-state index in [4.69, 9.17) is 15.2 Å². The van der Waals surface area contributed by atoms with Crippen molar-refractivity contribution in [2.24, 2.45) is 5.73 Å². The van der Waals surface area contributed by atoms with Gasteiger partial charge in [-0.1, -0.05) is 0 Å². The Morgan fingerprint density at radius 2 is 1.89 bits per heavy atom. The first-order valence-electron chi connectivity index (χ1n) is 6.58. The van der Waals surface area contributed by atoms with Gasteiger partial charge in [0.1, 0.15) is 18.2 Å². The van der Waals surface area contributed by atoms with Gasteiger partial charge in [-0.3, -0.25) is 0 Å². The number of benzene rings is 1. The number of hydrogen-bond donors (Lipinski definition) is 1. The number of hydrogen-bond acceptors (Lipinski definition) is 3. The molecule has 4 heteroatoms. The van der Waals surface area contributed by atoms with Crippen LogP contribution in [0.5, 0.6) is 5.75 Å². The second-order valence-electron chi connectivity index (χ2n) is 5.79. The second-order valence-corrected chi connectivity index (χ2v) is 5.79. The van der Waals surface area contributed by atoms with Crippen molar-refractivity contribution in [1.29, 1.82) is 0 Å². The van der Waals surface area contributed by atoms with Gasteiger partial charge in [0.25, 0.3) is 0 Å². The summed E-state index contributed by atoms with van der Waals surface area (Å²) in [4.78, 5) is 0. The van der Waals surface area contributed by atoms with Crippen molar-refractivity contribution in [3.8, 4) is 5.75 Å². The summed E-state index contributed by atoms with van der Waals surface area (Å²) in [5, 5.41) is 0. The van der Waals surface area contributed by atoms with Crippen molar-refractivity contribution in [3.05, 3.63) is 29.6 Å². The smallest absolute Gasteiger partial charge is 0.127 e. The molecule has 0 radical (unpaired) electrons. The molecule has 0 fully saturated rings. The van der Waals surface area contributed by atoms with Crippen molar-refractivity contribution in [2.45, 2.75) is 45.8 Å². The normalized spacial score (nSPS) is 13.4. The zero-order valence-corrected chi connectivity index (χ0v) is 12.2. The lowest BCUT2D eigenvalue weighted by Crippen LogP contribution is -2.22. The monoisotopic (exact) mass is 269 g/mol. The largest absolute Gasteiger partial charge is 0.491 e. The van der Waals surface area contributed by atoms with E-state index in [1.165, 1.54) is 12.1 Å². The number of ether oxygens (including phenoxy) is 2. The van der Waals surface area contributed by atoms with E-state index >= 15 is 0 Å². The Kier molecular flexibility index (Phi) is 5.76. The standard InChI is InChI=1S/C15H24FNO2/c1-11(17)7-12-8-13(16)10-14(9-12)18-5-6-19-15(2,3)4/h8-11H,5-7,17H2,1-4H3. The molecule has 1 aromatic carbocycles. The van der Waals surface area contributed by atoms with Crippen LogP contribution in [0, 0.1) is 5.82 Å². The van der Waals surface area contributed by atoms with E-state index in [2.05, 4.69) is 0 Å². The topological polar surface area (TPSA) is 44.5 Å². The molecule has 3 nitrogen and oxygen atoms in total. The molecule has 1 atom stereocenters. The molecule has 0 amide bonds. The maximum Gasteiger partial charge on any atom is 0.127 e. The maximum atomic E-state index is 13.4. The molecule has 0 aliphatic carbocycles. The fourth-order valence-electron chi connectivity index (χ4n) is 1.70. The van der Waals surface area contributed by atoms with Gasteiger partial charge in [0.2, 0.25) is 0 Å². The number of rotatable bonds is 6. The molecule has 1 unspecified atom stereocenters. The highest BCUT2D eigenvalue weighted by Gasteiger charge is 2.09.